The molecule has 0 fully saturated rings. The van der Waals surface area contributed by atoms with E-state index in [1.807, 2.05) is 6.07 Å². The Hall–Kier alpha value is -4.92. The lowest BCUT2D eigenvalue weighted by molar-refractivity contribution is -0.139. The third-order valence-electron chi connectivity index (χ3n) is 5.42. The van der Waals surface area contributed by atoms with Crippen LogP contribution in [0.3, 0.4) is 0 Å². The van der Waals surface area contributed by atoms with Crippen LogP contribution in [0.15, 0.2) is 94.1 Å². The van der Waals surface area contributed by atoms with Gasteiger partial charge < -0.3 is 19.9 Å². The highest BCUT2D eigenvalue weighted by atomic mass is 16.4. The molecule has 3 N–H and O–H groups in total. The first kappa shape index (κ1) is 26.7. The van der Waals surface area contributed by atoms with Crippen molar-refractivity contribution in [3.63, 3.8) is 0 Å². The molecule has 190 valence electrons. The lowest BCUT2D eigenvalue weighted by Crippen LogP contribution is -2.49. The van der Waals surface area contributed by atoms with Gasteiger partial charge in [-0.1, -0.05) is 48.5 Å². The minimum atomic E-state index is -1.09. The van der Waals surface area contributed by atoms with Crippen LogP contribution in [-0.2, 0) is 9.59 Å². The van der Waals surface area contributed by atoms with Gasteiger partial charge in [-0.25, -0.2) is 9.59 Å². The van der Waals surface area contributed by atoms with Crippen molar-refractivity contribution < 1.29 is 29.0 Å². The predicted molar refractivity (Wildman–Crippen MR) is 140 cm³/mol. The summed E-state index contributed by atoms with van der Waals surface area (Å²) in [5.41, 5.74) is 1.40. The highest BCUT2D eigenvalue weighted by molar-refractivity contribution is 6.02. The number of fused-ring (bicyclic) bond motifs is 1. The maximum Gasteiger partial charge on any atom is 0.378 e. The topological polar surface area (TPSA) is 137 Å². The highest BCUT2D eigenvalue weighted by Crippen LogP contribution is 2.20. The van der Waals surface area contributed by atoms with Gasteiger partial charge >= 0.3 is 11.6 Å². The zero-order chi connectivity index (χ0) is 26.9. The molecule has 0 saturated heterocycles. The van der Waals surface area contributed by atoms with Gasteiger partial charge in [-0.05, 0) is 50.2 Å². The molecule has 2 unspecified atom stereocenters. The SMILES string of the molecule is CC(Nc1cccc(C=O)c1)C(=O)N(c1ccccc1)C(C)C(=O)O.O=c1oc2ccccc2cc1O. The molecule has 4 rings (SSSR count). The number of hydrogen-bond acceptors (Lipinski definition) is 7. The van der Waals surface area contributed by atoms with Gasteiger partial charge in [-0.2, -0.15) is 0 Å². The monoisotopic (exact) mass is 502 g/mol. The van der Waals surface area contributed by atoms with Gasteiger partial charge in [-0.3, -0.25) is 14.5 Å². The van der Waals surface area contributed by atoms with Crippen LogP contribution in [0.2, 0.25) is 0 Å². The zero-order valence-electron chi connectivity index (χ0n) is 20.2. The van der Waals surface area contributed by atoms with Crippen LogP contribution in [0.4, 0.5) is 11.4 Å². The summed E-state index contributed by atoms with van der Waals surface area (Å²) >= 11 is 0. The first-order valence-corrected chi connectivity index (χ1v) is 11.4. The average Bonchev–Trinajstić information content (AvgIpc) is 2.90. The van der Waals surface area contributed by atoms with Crippen LogP contribution >= 0.6 is 0 Å². The van der Waals surface area contributed by atoms with E-state index < -0.39 is 23.7 Å². The van der Waals surface area contributed by atoms with Crippen LogP contribution < -0.4 is 15.8 Å². The van der Waals surface area contributed by atoms with E-state index in [4.69, 9.17) is 9.52 Å². The Labute approximate surface area is 212 Å². The molecule has 0 radical (unpaired) electrons. The number of hydrogen-bond donors (Lipinski definition) is 3. The minimum absolute atomic E-state index is 0.353. The number of rotatable bonds is 7. The smallest absolute Gasteiger partial charge is 0.378 e. The molecule has 0 bridgehead atoms. The summed E-state index contributed by atoms with van der Waals surface area (Å²) in [5.74, 6) is -1.82. The summed E-state index contributed by atoms with van der Waals surface area (Å²) in [6.45, 7) is 3.12. The molecule has 37 heavy (non-hydrogen) atoms. The Morgan fingerprint density at radius 3 is 2.30 bits per heavy atom. The number of aromatic hydroxyl groups is 1. The van der Waals surface area contributed by atoms with Crippen molar-refractivity contribution in [2.75, 3.05) is 10.2 Å². The fourth-order valence-corrected chi connectivity index (χ4v) is 3.51. The number of benzene rings is 3. The number of aldehydes is 1. The van der Waals surface area contributed by atoms with Gasteiger partial charge in [0.15, 0.2) is 0 Å². The Kier molecular flexibility index (Phi) is 8.77. The summed E-state index contributed by atoms with van der Waals surface area (Å²) in [4.78, 5) is 47.2. The molecule has 4 aromatic rings. The van der Waals surface area contributed by atoms with Crippen molar-refractivity contribution in [3.8, 4) is 5.75 Å². The fourth-order valence-electron chi connectivity index (χ4n) is 3.51. The minimum Gasteiger partial charge on any atom is -0.502 e. The Balaban J connectivity index is 0.000000262. The zero-order valence-corrected chi connectivity index (χ0v) is 20.2. The summed E-state index contributed by atoms with van der Waals surface area (Å²) < 4.78 is 4.79. The van der Waals surface area contributed by atoms with Crippen molar-refractivity contribution >= 4 is 40.5 Å². The number of carboxylic acid groups (broad SMARTS) is 1. The lowest BCUT2D eigenvalue weighted by atomic mass is 10.1. The Morgan fingerprint density at radius 1 is 0.946 bits per heavy atom. The molecule has 2 atom stereocenters. The predicted octanol–water partition coefficient (Wildman–Crippen LogP) is 4.30. The first-order chi connectivity index (χ1) is 17.7. The van der Waals surface area contributed by atoms with Gasteiger partial charge in [0.25, 0.3) is 0 Å². The molecule has 0 saturated carbocycles. The van der Waals surface area contributed by atoms with E-state index in [0.717, 1.165) is 11.7 Å². The number of nitrogens with zero attached hydrogens (tertiary/aromatic N) is 1. The van der Waals surface area contributed by atoms with E-state index in [2.05, 4.69) is 5.32 Å². The van der Waals surface area contributed by atoms with Crippen LogP contribution in [-0.4, -0.2) is 40.5 Å². The molecule has 0 aliphatic heterocycles. The molecular formula is C28H26N2O7. The van der Waals surface area contributed by atoms with Crippen molar-refractivity contribution in [3.05, 3.63) is 101 Å². The number of carbonyl (C=O) groups is 3. The van der Waals surface area contributed by atoms with Gasteiger partial charge in [0.2, 0.25) is 11.7 Å². The number of carboxylic acids is 1. The highest BCUT2D eigenvalue weighted by Gasteiger charge is 2.30. The Bertz CT molecular complexity index is 1450. The van der Waals surface area contributed by atoms with Crippen LogP contribution in [0.1, 0.15) is 24.2 Å². The number of nitrogens with one attached hydrogen (secondary N) is 1. The molecule has 0 aliphatic carbocycles. The van der Waals surface area contributed by atoms with E-state index in [0.29, 0.717) is 22.5 Å². The number of aliphatic carboxylic acids is 1. The average molecular weight is 503 g/mol. The third kappa shape index (κ3) is 6.82. The van der Waals surface area contributed by atoms with Gasteiger partial charge in [-0.15, -0.1) is 0 Å². The normalized spacial score (nSPS) is 11.9. The lowest BCUT2D eigenvalue weighted by Gasteiger charge is -2.30. The number of amides is 1. The van der Waals surface area contributed by atoms with Crippen molar-refractivity contribution in [1.29, 1.82) is 0 Å². The second-order valence-corrected chi connectivity index (χ2v) is 8.12. The summed E-state index contributed by atoms with van der Waals surface area (Å²) in [7, 11) is 0. The molecule has 0 spiro atoms. The molecule has 3 aromatic carbocycles. The van der Waals surface area contributed by atoms with Crippen LogP contribution in [0.5, 0.6) is 5.75 Å². The Morgan fingerprint density at radius 2 is 1.62 bits per heavy atom. The standard InChI is InChI=1S/C19H20N2O4.C9H6O3/c1-13(20-16-8-6-7-15(11-16)12-22)18(23)21(14(2)19(24)25)17-9-4-3-5-10-17;10-7-5-6-3-1-2-4-8(6)12-9(7)11/h3-14,20H,1-2H3,(H,24,25);1-5,10H. The van der Waals surface area contributed by atoms with E-state index in [-0.39, 0.29) is 11.7 Å². The van der Waals surface area contributed by atoms with Crippen molar-refractivity contribution in [2.24, 2.45) is 0 Å². The molecular weight excluding hydrogens is 476 g/mol. The summed E-state index contributed by atoms with van der Waals surface area (Å²) in [6, 6.07) is 22.1. The number of carbonyl (C=O) groups excluding carboxylic acids is 2. The first-order valence-electron chi connectivity index (χ1n) is 11.4. The quantitative estimate of drug-likeness (QED) is 0.251. The number of para-hydroxylation sites is 2. The molecule has 1 heterocycles. The molecule has 9 heteroatoms. The van der Waals surface area contributed by atoms with Crippen molar-refractivity contribution in [2.45, 2.75) is 25.9 Å². The molecule has 9 nitrogen and oxygen atoms in total. The maximum absolute atomic E-state index is 12.9. The van der Waals surface area contributed by atoms with Crippen LogP contribution in [0.25, 0.3) is 11.0 Å². The van der Waals surface area contributed by atoms with E-state index >= 15 is 0 Å². The van der Waals surface area contributed by atoms with E-state index in [1.165, 1.54) is 17.9 Å². The second-order valence-electron chi connectivity index (χ2n) is 8.12. The molecule has 1 amide bonds. The second kappa shape index (κ2) is 12.2. The molecule has 0 aliphatic rings. The van der Waals surface area contributed by atoms with Crippen molar-refractivity contribution in [1.82, 2.24) is 0 Å². The summed E-state index contributed by atoms with van der Waals surface area (Å²) in [5, 5.41) is 22.1. The summed E-state index contributed by atoms with van der Waals surface area (Å²) in [6.07, 6.45) is 0.723. The van der Waals surface area contributed by atoms with Gasteiger partial charge in [0, 0.05) is 22.3 Å². The largest absolute Gasteiger partial charge is 0.502 e. The number of anilines is 2. The van der Waals surface area contributed by atoms with Gasteiger partial charge in [0.1, 0.15) is 24.0 Å². The maximum atomic E-state index is 12.9. The fraction of sp³-hybridized carbons (Fsp3) is 0.143. The van der Waals surface area contributed by atoms with E-state index in [1.54, 1.807) is 79.7 Å². The third-order valence-corrected chi connectivity index (χ3v) is 5.42. The molecule has 1 aromatic heterocycles. The van der Waals surface area contributed by atoms with E-state index in [9.17, 15) is 24.3 Å². The van der Waals surface area contributed by atoms with Crippen LogP contribution in [0, 0.1) is 0 Å². The van der Waals surface area contributed by atoms with Gasteiger partial charge in [0.05, 0.1) is 0 Å².